The quantitative estimate of drug-likeness (QED) is 0.744. The second kappa shape index (κ2) is 7.06. The van der Waals surface area contributed by atoms with Crippen LogP contribution in [-0.2, 0) is 11.3 Å². The number of fused-ring (bicyclic) bond motifs is 1. The Morgan fingerprint density at radius 3 is 2.68 bits per heavy atom. The van der Waals surface area contributed by atoms with Gasteiger partial charge in [0.1, 0.15) is 12.4 Å². The molecule has 1 aliphatic heterocycles. The third kappa shape index (κ3) is 3.35. The minimum absolute atomic E-state index is 0.103. The molecular formula is C19H21FN6O2. The lowest BCUT2D eigenvalue weighted by Gasteiger charge is -2.14. The highest BCUT2D eigenvalue weighted by Crippen LogP contribution is 2.19. The van der Waals surface area contributed by atoms with Crippen molar-refractivity contribution in [3.63, 3.8) is 0 Å². The van der Waals surface area contributed by atoms with Crippen LogP contribution in [0.25, 0.3) is 5.65 Å². The van der Waals surface area contributed by atoms with Crippen LogP contribution in [0, 0.1) is 19.7 Å². The molecule has 146 valence electrons. The Labute approximate surface area is 160 Å². The van der Waals surface area contributed by atoms with Crippen molar-refractivity contribution >= 4 is 23.2 Å². The summed E-state index contributed by atoms with van der Waals surface area (Å²) in [5, 5.41) is 7.35. The minimum atomic E-state index is -0.448. The number of amides is 1. The van der Waals surface area contributed by atoms with E-state index < -0.39 is 5.69 Å². The number of rotatable bonds is 4. The van der Waals surface area contributed by atoms with E-state index in [4.69, 9.17) is 0 Å². The molecule has 3 heterocycles. The van der Waals surface area contributed by atoms with E-state index >= 15 is 0 Å². The van der Waals surface area contributed by atoms with Gasteiger partial charge < -0.3 is 10.2 Å². The van der Waals surface area contributed by atoms with Crippen LogP contribution in [0.1, 0.15) is 24.1 Å². The van der Waals surface area contributed by atoms with Crippen molar-refractivity contribution < 1.29 is 9.18 Å². The summed E-state index contributed by atoms with van der Waals surface area (Å²) in [6, 6.07) is 6.24. The Morgan fingerprint density at radius 1 is 1.21 bits per heavy atom. The predicted octanol–water partition coefficient (Wildman–Crippen LogP) is 2.01. The molecule has 1 fully saturated rings. The monoisotopic (exact) mass is 384 g/mol. The number of aromatic nitrogens is 4. The summed E-state index contributed by atoms with van der Waals surface area (Å²) in [6.45, 7) is 4.79. The van der Waals surface area contributed by atoms with Crippen molar-refractivity contribution in [3.05, 3.63) is 51.8 Å². The Bertz CT molecular complexity index is 1110. The number of hydrogen-bond donors (Lipinski definition) is 1. The second-order valence-electron chi connectivity index (χ2n) is 7.03. The standard InChI is InChI=1S/C19H21FN6O2/c1-12-9-14(5-6-15(12)20)22-18-21-13(2)10-16-23-25(19(28)26(16)18)11-17(27)24-7-3-4-8-24/h5-6,9-10H,3-4,7-8,11H2,1-2H3,(H,21,22). The van der Waals surface area contributed by atoms with Gasteiger partial charge in [-0.15, -0.1) is 5.10 Å². The van der Waals surface area contributed by atoms with E-state index in [0.29, 0.717) is 22.6 Å². The molecule has 2 aromatic heterocycles. The molecule has 28 heavy (non-hydrogen) atoms. The van der Waals surface area contributed by atoms with E-state index in [-0.39, 0.29) is 24.2 Å². The first-order valence-corrected chi connectivity index (χ1v) is 9.20. The molecule has 1 saturated heterocycles. The number of nitrogens with one attached hydrogen (secondary N) is 1. The molecule has 3 aromatic rings. The van der Waals surface area contributed by atoms with Gasteiger partial charge in [0.25, 0.3) is 0 Å². The first-order valence-electron chi connectivity index (χ1n) is 9.20. The van der Waals surface area contributed by atoms with Gasteiger partial charge in [-0.1, -0.05) is 0 Å². The van der Waals surface area contributed by atoms with Crippen molar-refractivity contribution in [1.82, 2.24) is 24.1 Å². The van der Waals surface area contributed by atoms with Gasteiger partial charge >= 0.3 is 5.69 Å². The molecule has 0 saturated carbocycles. The summed E-state index contributed by atoms with van der Waals surface area (Å²) < 4.78 is 16.0. The zero-order chi connectivity index (χ0) is 19.8. The summed E-state index contributed by atoms with van der Waals surface area (Å²) in [7, 11) is 0. The molecule has 0 bridgehead atoms. The summed E-state index contributed by atoms with van der Waals surface area (Å²) in [4.78, 5) is 31.4. The van der Waals surface area contributed by atoms with Gasteiger partial charge in [-0.05, 0) is 50.5 Å². The number of hydrogen-bond acceptors (Lipinski definition) is 5. The normalized spacial score (nSPS) is 14.0. The van der Waals surface area contributed by atoms with Crippen LogP contribution in [0.4, 0.5) is 16.0 Å². The van der Waals surface area contributed by atoms with E-state index in [9.17, 15) is 14.0 Å². The fourth-order valence-electron chi connectivity index (χ4n) is 3.39. The molecule has 0 spiro atoms. The molecule has 0 radical (unpaired) electrons. The fraction of sp³-hybridized carbons (Fsp3) is 0.368. The van der Waals surface area contributed by atoms with Gasteiger partial charge in [-0.25, -0.2) is 23.3 Å². The number of carbonyl (C=O) groups is 1. The maximum Gasteiger partial charge on any atom is 0.353 e. The molecule has 8 nitrogen and oxygen atoms in total. The molecule has 0 unspecified atom stereocenters. The van der Waals surface area contributed by atoms with Crippen LogP contribution < -0.4 is 11.0 Å². The first kappa shape index (κ1) is 18.1. The summed E-state index contributed by atoms with van der Waals surface area (Å²) >= 11 is 0. The van der Waals surface area contributed by atoms with E-state index in [1.165, 1.54) is 10.5 Å². The van der Waals surface area contributed by atoms with Crippen LogP contribution in [0.5, 0.6) is 0 Å². The maximum absolute atomic E-state index is 13.5. The lowest BCUT2D eigenvalue weighted by Crippen LogP contribution is -2.35. The lowest BCUT2D eigenvalue weighted by molar-refractivity contribution is -0.131. The molecule has 1 aliphatic rings. The number of carbonyl (C=O) groups excluding carboxylic acids is 1. The van der Waals surface area contributed by atoms with Gasteiger partial charge in [0.2, 0.25) is 11.9 Å². The average molecular weight is 384 g/mol. The first-order chi connectivity index (χ1) is 13.4. The van der Waals surface area contributed by atoms with Gasteiger partial charge in [0.05, 0.1) is 0 Å². The van der Waals surface area contributed by atoms with Crippen LogP contribution in [0.3, 0.4) is 0 Å². The van der Waals surface area contributed by atoms with Crippen LogP contribution in [0.2, 0.25) is 0 Å². The van der Waals surface area contributed by atoms with Crippen molar-refractivity contribution in [2.24, 2.45) is 0 Å². The van der Waals surface area contributed by atoms with Crippen molar-refractivity contribution in [2.75, 3.05) is 18.4 Å². The summed E-state index contributed by atoms with van der Waals surface area (Å²) in [5.41, 5.74) is 1.69. The van der Waals surface area contributed by atoms with E-state index in [1.54, 1.807) is 36.9 Å². The predicted molar refractivity (Wildman–Crippen MR) is 102 cm³/mol. The zero-order valence-electron chi connectivity index (χ0n) is 15.8. The number of aryl methyl sites for hydroxylation is 2. The number of benzene rings is 1. The molecular weight excluding hydrogens is 363 g/mol. The highest BCUT2D eigenvalue weighted by Gasteiger charge is 2.21. The Balaban J connectivity index is 1.70. The largest absolute Gasteiger partial charge is 0.353 e. The van der Waals surface area contributed by atoms with E-state index in [0.717, 1.165) is 30.6 Å². The second-order valence-corrected chi connectivity index (χ2v) is 7.03. The maximum atomic E-state index is 13.5. The third-order valence-corrected chi connectivity index (χ3v) is 4.85. The van der Waals surface area contributed by atoms with E-state index in [2.05, 4.69) is 15.4 Å². The van der Waals surface area contributed by atoms with Crippen molar-refractivity contribution in [1.29, 1.82) is 0 Å². The Morgan fingerprint density at radius 2 is 1.96 bits per heavy atom. The topological polar surface area (TPSA) is 84.5 Å². The molecule has 9 heteroatoms. The molecule has 0 atom stereocenters. The third-order valence-electron chi connectivity index (χ3n) is 4.85. The smallest absolute Gasteiger partial charge is 0.341 e. The lowest BCUT2D eigenvalue weighted by atomic mass is 10.2. The van der Waals surface area contributed by atoms with Gasteiger partial charge in [0.15, 0.2) is 5.65 Å². The number of anilines is 2. The van der Waals surface area contributed by atoms with Gasteiger partial charge in [-0.2, -0.15) is 0 Å². The fourth-order valence-corrected chi connectivity index (χ4v) is 3.39. The SMILES string of the molecule is Cc1cc2nn(CC(=O)N3CCCC3)c(=O)n2c(Nc2ccc(F)c(C)c2)n1. The zero-order valence-corrected chi connectivity index (χ0v) is 15.8. The van der Waals surface area contributed by atoms with Gasteiger partial charge in [0, 0.05) is 30.5 Å². The van der Waals surface area contributed by atoms with Crippen molar-refractivity contribution in [3.8, 4) is 0 Å². The van der Waals surface area contributed by atoms with E-state index in [1.807, 2.05) is 0 Å². The number of likely N-dealkylation sites (tertiary alicyclic amines) is 1. The molecule has 1 N–H and O–H groups in total. The summed E-state index contributed by atoms with van der Waals surface area (Å²) in [5.74, 6) is -0.152. The van der Waals surface area contributed by atoms with Gasteiger partial charge in [-0.3, -0.25) is 4.79 Å². The van der Waals surface area contributed by atoms with Crippen LogP contribution >= 0.6 is 0 Å². The Kier molecular flexibility index (Phi) is 4.58. The molecule has 1 aromatic carbocycles. The van der Waals surface area contributed by atoms with Crippen LogP contribution in [0.15, 0.2) is 29.1 Å². The Hall–Kier alpha value is -3.23. The highest BCUT2D eigenvalue weighted by atomic mass is 19.1. The molecule has 0 aliphatic carbocycles. The highest BCUT2D eigenvalue weighted by molar-refractivity contribution is 5.76. The molecule has 4 rings (SSSR count). The average Bonchev–Trinajstić information content (AvgIpc) is 3.27. The molecule has 1 amide bonds. The number of nitrogens with zero attached hydrogens (tertiary/aromatic N) is 5. The number of halogens is 1. The van der Waals surface area contributed by atoms with Crippen LogP contribution in [-0.4, -0.2) is 43.1 Å². The summed E-state index contributed by atoms with van der Waals surface area (Å²) in [6.07, 6.45) is 1.97. The van der Waals surface area contributed by atoms with Crippen molar-refractivity contribution in [2.45, 2.75) is 33.2 Å². The minimum Gasteiger partial charge on any atom is -0.341 e.